The summed E-state index contributed by atoms with van der Waals surface area (Å²) in [5, 5.41) is 18.0. The fourth-order valence-corrected chi connectivity index (χ4v) is 3.20. The highest BCUT2D eigenvalue weighted by Gasteiger charge is 2.23. The lowest BCUT2D eigenvalue weighted by molar-refractivity contribution is 0.402. The Labute approximate surface area is 149 Å². The van der Waals surface area contributed by atoms with Crippen LogP contribution in [0.15, 0.2) is 24.3 Å². The number of anilines is 3. The number of aromatic amines is 1. The lowest BCUT2D eigenvalue weighted by Gasteiger charge is -2.29. The highest BCUT2D eigenvalue weighted by molar-refractivity contribution is 6.30. The summed E-state index contributed by atoms with van der Waals surface area (Å²) in [7, 11) is 0. The Morgan fingerprint density at radius 3 is 2.72 bits per heavy atom. The van der Waals surface area contributed by atoms with Crippen molar-refractivity contribution in [2.75, 3.05) is 10.6 Å². The zero-order chi connectivity index (χ0) is 17.2. The second-order valence-corrected chi connectivity index (χ2v) is 6.67. The molecule has 1 aliphatic rings. The quantitative estimate of drug-likeness (QED) is 0.566. The van der Waals surface area contributed by atoms with Crippen molar-refractivity contribution in [3.8, 4) is 0 Å². The average Bonchev–Trinajstić information content (AvgIpc) is 3.08. The lowest BCUT2D eigenvalue weighted by Crippen LogP contribution is -2.43. The van der Waals surface area contributed by atoms with E-state index >= 15 is 0 Å². The average molecular weight is 359 g/mol. The predicted molar refractivity (Wildman–Crippen MR) is 98.1 cm³/mol. The number of fused-ring (bicyclic) bond motifs is 1. The van der Waals surface area contributed by atoms with Crippen LogP contribution in [0.3, 0.4) is 0 Å². The Morgan fingerprint density at radius 2 is 1.92 bits per heavy atom. The van der Waals surface area contributed by atoms with Gasteiger partial charge in [-0.25, -0.2) is 5.10 Å². The minimum Gasteiger partial charge on any atom is -0.350 e. The summed E-state index contributed by atoms with van der Waals surface area (Å²) in [5.41, 5.74) is 8.22. The summed E-state index contributed by atoms with van der Waals surface area (Å²) < 4.78 is 0. The van der Waals surface area contributed by atoms with E-state index in [1.807, 2.05) is 24.3 Å². The third kappa shape index (κ3) is 3.49. The summed E-state index contributed by atoms with van der Waals surface area (Å²) in [6.45, 7) is 0. The van der Waals surface area contributed by atoms with E-state index in [1.165, 1.54) is 6.42 Å². The molecule has 1 fully saturated rings. The predicted octanol–water partition coefficient (Wildman–Crippen LogP) is 2.83. The molecule has 8 nitrogen and oxygen atoms in total. The Bertz CT molecular complexity index is 862. The van der Waals surface area contributed by atoms with Gasteiger partial charge in [-0.1, -0.05) is 29.7 Å². The van der Waals surface area contributed by atoms with Crippen LogP contribution in [0, 0.1) is 0 Å². The maximum Gasteiger partial charge on any atom is 0.227 e. The standard InChI is InChI=1S/C16H19ClN8/c17-9-5-7-10(8-6-9)19-14-13-15(24-25-23-13)22-16(21-14)20-12-4-2-1-3-11(12)18/h5-8,11-12H,1-4,18H2,(H3,19,20,21,22,23,24,25). The fraction of sp³-hybridized carbons (Fsp3) is 0.375. The third-order valence-corrected chi connectivity index (χ3v) is 4.68. The first-order chi connectivity index (χ1) is 12.2. The van der Waals surface area contributed by atoms with Gasteiger partial charge in [-0.15, -0.1) is 5.10 Å². The molecule has 1 aliphatic carbocycles. The smallest absolute Gasteiger partial charge is 0.227 e. The van der Waals surface area contributed by atoms with Crippen LogP contribution in [0.1, 0.15) is 25.7 Å². The molecule has 130 valence electrons. The molecule has 0 saturated heterocycles. The molecule has 2 heterocycles. The van der Waals surface area contributed by atoms with Crippen LogP contribution >= 0.6 is 11.6 Å². The number of nitrogens with two attached hydrogens (primary N) is 1. The van der Waals surface area contributed by atoms with Crippen molar-refractivity contribution in [1.29, 1.82) is 0 Å². The zero-order valence-corrected chi connectivity index (χ0v) is 14.3. The summed E-state index contributed by atoms with van der Waals surface area (Å²) >= 11 is 5.94. The van der Waals surface area contributed by atoms with Gasteiger partial charge in [0.2, 0.25) is 5.95 Å². The van der Waals surface area contributed by atoms with Gasteiger partial charge in [0.25, 0.3) is 0 Å². The van der Waals surface area contributed by atoms with Gasteiger partial charge in [-0.3, -0.25) is 0 Å². The minimum atomic E-state index is 0.112. The molecule has 0 radical (unpaired) electrons. The molecule has 0 bridgehead atoms. The van der Waals surface area contributed by atoms with Crippen LogP contribution in [0.25, 0.3) is 11.2 Å². The molecule has 0 amide bonds. The molecule has 5 N–H and O–H groups in total. The van der Waals surface area contributed by atoms with Gasteiger partial charge in [0.15, 0.2) is 17.0 Å². The lowest BCUT2D eigenvalue weighted by atomic mass is 9.91. The van der Waals surface area contributed by atoms with E-state index < -0.39 is 0 Å². The van der Waals surface area contributed by atoms with Gasteiger partial charge in [0.1, 0.15) is 0 Å². The van der Waals surface area contributed by atoms with Crippen LogP contribution in [-0.2, 0) is 0 Å². The minimum absolute atomic E-state index is 0.112. The number of hydrogen-bond donors (Lipinski definition) is 4. The topological polar surface area (TPSA) is 117 Å². The molecule has 0 aliphatic heterocycles. The largest absolute Gasteiger partial charge is 0.350 e. The van der Waals surface area contributed by atoms with Crippen molar-refractivity contribution in [3.63, 3.8) is 0 Å². The molecule has 1 aromatic carbocycles. The second-order valence-electron chi connectivity index (χ2n) is 6.24. The van der Waals surface area contributed by atoms with Gasteiger partial charge in [0, 0.05) is 22.8 Å². The Morgan fingerprint density at radius 1 is 1.12 bits per heavy atom. The normalized spacial score (nSPS) is 20.6. The van der Waals surface area contributed by atoms with Crippen molar-refractivity contribution in [2.45, 2.75) is 37.8 Å². The zero-order valence-electron chi connectivity index (χ0n) is 13.5. The maximum atomic E-state index is 6.22. The fourth-order valence-electron chi connectivity index (χ4n) is 3.08. The molecule has 2 aromatic heterocycles. The molecule has 0 spiro atoms. The van der Waals surface area contributed by atoms with E-state index in [2.05, 4.69) is 36.0 Å². The van der Waals surface area contributed by atoms with Gasteiger partial charge in [-0.2, -0.15) is 9.97 Å². The third-order valence-electron chi connectivity index (χ3n) is 4.43. The Kier molecular flexibility index (Phi) is 4.37. The van der Waals surface area contributed by atoms with E-state index in [1.54, 1.807) is 0 Å². The van der Waals surface area contributed by atoms with Crippen molar-refractivity contribution < 1.29 is 0 Å². The summed E-state index contributed by atoms with van der Waals surface area (Å²) in [5.74, 6) is 1.09. The number of rotatable bonds is 4. The van der Waals surface area contributed by atoms with E-state index in [0.717, 1.165) is 24.9 Å². The van der Waals surface area contributed by atoms with E-state index in [9.17, 15) is 0 Å². The molecule has 2 atom stereocenters. The van der Waals surface area contributed by atoms with Crippen molar-refractivity contribution >= 4 is 40.2 Å². The molecular weight excluding hydrogens is 340 g/mol. The van der Waals surface area contributed by atoms with Crippen LogP contribution in [0.5, 0.6) is 0 Å². The van der Waals surface area contributed by atoms with E-state index in [4.69, 9.17) is 17.3 Å². The first kappa shape index (κ1) is 16.0. The number of halogens is 1. The van der Waals surface area contributed by atoms with Crippen LogP contribution in [0.4, 0.5) is 17.5 Å². The van der Waals surface area contributed by atoms with Crippen LogP contribution < -0.4 is 16.4 Å². The first-order valence-corrected chi connectivity index (χ1v) is 8.70. The highest BCUT2D eigenvalue weighted by atomic mass is 35.5. The number of hydrogen-bond acceptors (Lipinski definition) is 7. The second kappa shape index (κ2) is 6.81. The molecule has 4 rings (SSSR count). The van der Waals surface area contributed by atoms with Gasteiger partial charge >= 0.3 is 0 Å². The number of aromatic nitrogens is 5. The monoisotopic (exact) mass is 358 g/mol. The van der Waals surface area contributed by atoms with Gasteiger partial charge < -0.3 is 16.4 Å². The van der Waals surface area contributed by atoms with Crippen molar-refractivity contribution in [1.82, 2.24) is 25.4 Å². The molecule has 3 aromatic rings. The Balaban J connectivity index is 1.63. The SMILES string of the molecule is NC1CCCCC1Nc1nc(Nc2ccc(Cl)cc2)c2nn[nH]c2n1. The van der Waals surface area contributed by atoms with Crippen LogP contribution in [-0.4, -0.2) is 37.5 Å². The van der Waals surface area contributed by atoms with Crippen molar-refractivity contribution in [3.05, 3.63) is 29.3 Å². The van der Waals surface area contributed by atoms with Gasteiger partial charge in [0.05, 0.1) is 0 Å². The summed E-state index contributed by atoms with van der Waals surface area (Å²) in [6, 6.07) is 7.66. The van der Waals surface area contributed by atoms with Gasteiger partial charge in [-0.05, 0) is 37.1 Å². The Hall–Kier alpha value is -2.45. The molecule has 25 heavy (non-hydrogen) atoms. The molecule has 9 heteroatoms. The summed E-state index contributed by atoms with van der Waals surface area (Å²) in [4.78, 5) is 9.04. The number of benzene rings is 1. The molecular formula is C16H19ClN8. The number of nitrogens with zero attached hydrogens (tertiary/aromatic N) is 4. The first-order valence-electron chi connectivity index (χ1n) is 8.32. The highest BCUT2D eigenvalue weighted by Crippen LogP contribution is 2.25. The van der Waals surface area contributed by atoms with Crippen molar-refractivity contribution in [2.24, 2.45) is 5.73 Å². The maximum absolute atomic E-state index is 6.22. The molecule has 2 unspecified atom stereocenters. The number of nitrogens with one attached hydrogen (secondary N) is 3. The number of H-pyrrole nitrogens is 1. The van der Waals surface area contributed by atoms with E-state index in [-0.39, 0.29) is 12.1 Å². The van der Waals surface area contributed by atoms with E-state index in [0.29, 0.717) is 28.0 Å². The van der Waals surface area contributed by atoms with Crippen LogP contribution in [0.2, 0.25) is 5.02 Å². The molecule has 1 saturated carbocycles. The summed E-state index contributed by atoms with van der Waals surface area (Å²) in [6.07, 6.45) is 4.37.